The van der Waals surface area contributed by atoms with E-state index in [2.05, 4.69) is 5.32 Å². The maximum absolute atomic E-state index is 12.5. The maximum atomic E-state index is 12.5. The van der Waals surface area contributed by atoms with Crippen LogP contribution in [0, 0.1) is 12.8 Å². The molecule has 9 heteroatoms. The summed E-state index contributed by atoms with van der Waals surface area (Å²) in [6, 6.07) is 5.70. The second-order valence-corrected chi connectivity index (χ2v) is 7.78. The average Bonchev–Trinajstić information content (AvgIpc) is 3.43. The van der Waals surface area contributed by atoms with E-state index in [9.17, 15) is 19.2 Å². The zero-order valence-electron chi connectivity index (χ0n) is 17.5. The summed E-state index contributed by atoms with van der Waals surface area (Å²) < 4.78 is 10.5. The summed E-state index contributed by atoms with van der Waals surface area (Å²) in [5.74, 6) is -1.65. The van der Waals surface area contributed by atoms with Gasteiger partial charge in [0.2, 0.25) is 11.8 Å². The third kappa shape index (κ3) is 5.28. The molecule has 2 fully saturated rings. The Bertz CT molecular complexity index is 851. The fourth-order valence-corrected chi connectivity index (χ4v) is 3.27. The number of carbonyl (C=O) groups is 4. The third-order valence-electron chi connectivity index (χ3n) is 5.17. The topological polar surface area (TPSA) is 105 Å². The van der Waals surface area contributed by atoms with Crippen LogP contribution in [0.15, 0.2) is 18.2 Å². The lowest BCUT2D eigenvalue weighted by molar-refractivity contribution is -0.155. The molecule has 162 valence electrons. The van der Waals surface area contributed by atoms with Crippen LogP contribution in [0.2, 0.25) is 0 Å². The number of methoxy groups -OCH3 is 1. The first kappa shape index (κ1) is 21.6. The van der Waals surface area contributed by atoms with Crippen molar-refractivity contribution in [3.8, 4) is 5.75 Å². The van der Waals surface area contributed by atoms with Crippen molar-refractivity contribution >= 4 is 29.4 Å². The predicted octanol–water partition coefficient (Wildman–Crippen LogP) is 0.637. The highest BCUT2D eigenvalue weighted by molar-refractivity contribution is 6.00. The van der Waals surface area contributed by atoms with Crippen LogP contribution < -0.4 is 15.0 Å². The number of hydrogen-bond acceptors (Lipinski definition) is 6. The second-order valence-electron chi connectivity index (χ2n) is 7.78. The molecule has 0 bridgehead atoms. The number of benzene rings is 1. The van der Waals surface area contributed by atoms with Gasteiger partial charge in [-0.25, -0.2) is 0 Å². The van der Waals surface area contributed by atoms with Gasteiger partial charge in [0, 0.05) is 26.1 Å². The van der Waals surface area contributed by atoms with Crippen LogP contribution in [0.25, 0.3) is 0 Å². The van der Waals surface area contributed by atoms with Crippen LogP contribution in [0.3, 0.4) is 0 Å². The average molecular weight is 417 g/mol. The highest BCUT2D eigenvalue weighted by Crippen LogP contribution is 2.34. The van der Waals surface area contributed by atoms with Gasteiger partial charge in [-0.2, -0.15) is 0 Å². The molecule has 9 nitrogen and oxygen atoms in total. The van der Waals surface area contributed by atoms with E-state index < -0.39 is 24.4 Å². The van der Waals surface area contributed by atoms with Crippen molar-refractivity contribution in [1.29, 1.82) is 0 Å². The standard InChI is InChI=1S/C21H27N3O6/c1-13-4-7-17(29-3)16(8-13)24-10-14(9-19(24)26)21(28)30-12-20(27)23(2)11-18(25)22-15-5-6-15/h4,7-8,14-15H,5-6,9-12H2,1-3H3,(H,22,25)/t14-/m1/s1. The Morgan fingerprint density at radius 1 is 1.27 bits per heavy atom. The van der Waals surface area contributed by atoms with Crippen LogP contribution >= 0.6 is 0 Å². The monoisotopic (exact) mass is 417 g/mol. The van der Waals surface area contributed by atoms with Crippen LogP contribution in [0.1, 0.15) is 24.8 Å². The Morgan fingerprint density at radius 3 is 2.67 bits per heavy atom. The molecule has 1 heterocycles. The summed E-state index contributed by atoms with van der Waals surface area (Å²) in [6.07, 6.45) is 1.93. The number of anilines is 1. The SMILES string of the molecule is COc1ccc(C)cc1N1C[C@H](C(=O)OCC(=O)N(C)CC(=O)NC2CC2)CC1=O. The molecule has 3 rings (SSSR count). The molecule has 1 N–H and O–H groups in total. The van der Waals surface area contributed by atoms with E-state index in [4.69, 9.17) is 9.47 Å². The molecule has 0 aromatic heterocycles. The second kappa shape index (κ2) is 9.15. The molecule has 1 aromatic carbocycles. The fraction of sp³-hybridized carbons (Fsp3) is 0.524. The Hall–Kier alpha value is -3.10. The smallest absolute Gasteiger partial charge is 0.311 e. The summed E-state index contributed by atoms with van der Waals surface area (Å²) in [6.45, 7) is 1.51. The molecule has 0 radical (unpaired) electrons. The maximum Gasteiger partial charge on any atom is 0.311 e. The lowest BCUT2D eigenvalue weighted by atomic mass is 10.1. The van der Waals surface area contributed by atoms with Gasteiger partial charge in [0.05, 0.1) is 25.3 Å². The van der Waals surface area contributed by atoms with Gasteiger partial charge in [-0.05, 0) is 37.5 Å². The van der Waals surface area contributed by atoms with Gasteiger partial charge in [-0.3, -0.25) is 19.2 Å². The fourth-order valence-electron chi connectivity index (χ4n) is 3.27. The molecule has 1 saturated heterocycles. The zero-order valence-corrected chi connectivity index (χ0v) is 17.5. The van der Waals surface area contributed by atoms with Crippen LogP contribution in [-0.2, 0) is 23.9 Å². The third-order valence-corrected chi connectivity index (χ3v) is 5.17. The van der Waals surface area contributed by atoms with Crippen molar-refractivity contribution in [2.24, 2.45) is 5.92 Å². The van der Waals surface area contributed by atoms with Crippen LogP contribution in [0.4, 0.5) is 5.69 Å². The van der Waals surface area contributed by atoms with Gasteiger partial charge in [-0.1, -0.05) is 6.07 Å². The summed E-state index contributed by atoms with van der Waals surface area (Å²) in [5, 5.41) is 2.79. The first-order valence-electron chi connectivity index (χ1n) is 9.93. The highest BCUT2D eigenvalue weighted by atomic mass is 16.5. The van der Waals surface area contributed by atoms with Gasteiger partial charge in [0.1, 0.15) is 5.75 Å². The van der Waals surface area contributed by atoms with Gasteiger partial charge in [0.25, 0.3) is 5.91 Å². The van der Waals surface area contributed by atoms with E-state index >= 15 is 0 Å². The largest absolute Gasteiger partial charge is 0.495 e. The van der Waals surface area contributed by atoms with Crippen molar-refractivity contribution in [3.05, 3.63) is 23.8 Å². The minimum atomic E-state index is -0.668. The molecule has 0 spiro atoms. The van der Waals surface area contributed by atoms with Gasteiger partial charge in [-0.15, -0.1) is 0 Å². The molecule has 30 heavy (non-hydrogen) atoms. The molecular weight excluding hydrogens is 390 g/mol. The van der Waals surface area contributed by atoms with Gasteiger partial charge < -0.3 is 24.6 Å². The first-order chi connectivity index (χ1) is 14.3. The number of ether oxygens (including phenoxy) is 2. The summed E-state index contributed by atoms with van der Waals surface area (Å²) in [7, 11) is 3.00. The van der Waals surface area contributed by atoms with Crippen LogP contribution in [-0.4, -0.2) is 68.5 Å². The molecule has 1 saturated carbocycles. The number of amides is 3. The number of carbonyl (C=O) groups excluding carboxylic acids is 4. The minimum Gasteiger partial charge on any atom is -0.495 e. The highest BCUT2D eigenvalue weighted by Gasteiger charge is 2.37. The predicted molar refractivity (Wildman–Crippen MR) is 108 cm³/mol. The van der Waals surface area contributed by atoms with E-state index in [1.165, 1.54) is 24.0 Å². The Kier molecular flexibility index (Phi) is 6.59. The number of hydrogen-bond donors (Lipinski definition) is 1. The molecule has 1 atom stereocenters. The minimum absolute atomic E-state index is 0.00372. The molecular formula is C21H27N3O6. The Balaban J connectivity index is 1.51. The summed E-state index contributed by atoms with van der Waals surface area (Å²) >= 11 is 0. The lowest BCUT2D eigenvalue weighted by Gasteiger charge is -2.20. The molecule has 0 unspecified atom stereocenters. The zero-order chi connectivity index (χ0) is 21.8. The van der Waals surface area contributed by atoms with Crippen molar-refractivity contribution < 1.29 is 28.7 Å². The molecule has 1 aliphatic carbocycles. The lowest BCUT2D eigenvalue weighted by Crippen LogP contribution is -2.41. The Labute approximate surface area is 175 Å². The van der Waals surface area contributed by atoms with E-state index in [-0.39, 0.29) is 37.4 Å². The number of likely N-dealkylation sites (N-methyl/N-ethyl adjacent to an activating group) is 1. The molecule has 2 aliphatic rings. The van der Waals surface area contributed by atoms with Crippen molar-refractivity contribution in [3.63, 3.8) is 0 Å². The van der Waals surface area contributed by atoms with Crippen molar-refractivity contribution in [2.45, 2.75) is 32.2 Å². The van der Waals surface area contributed by atoms with E-state index in [1.807, 2.05) is 19.1 Å². The number of nitrogens with one attached hydrogen (secondary N) is 1. The normalized spacial score (nSPS) is 18.2. The molecule has 3 amide bonds. The molecule has 1 aliphatic heterocycles. The van der Waals surface area contributed by atoms with E-state index in [1.54, 1.807) is 6.07 Å². The Morgan fingerprint density at radius 2 is 2.00 bits per heavy atom. The van der Waals surface area contributed by atoms with E-state index in [0.717, 1.165) is 18.4 Å². The number of esters is 1. The van der Waals surface area contributed by atoms with Gasteiger partial charge >= 0.3 is 5.97 Å². The van der Waals surface area contributed by atoms with Crippen LogP contribution in [0.5, 0.6) is 5.75 Å². The van der Waals surface area contributed by atoms with E-state index in [0.29, 0.717) is 11.4 Å². The summed E-state index contributed by atoms with van der Waals surface area (Å²) in [5.41, 5.74) is 1.57. The van der Waals surface area contributed by atoms with Crippen molar-refractivity contribution in [2.75, 3.05) is 38.8 Å². The van der Waals surface area contributed by atoms with Crippen molar-refractivity contribution in [1.82, 2.24) is 10.2 Å². The first-order valence-corrected chi connectivity index (χ1v) is 9.93. The summed E-state index contributed by atoms with van der Waals surface area (Å²) in [4.78, 5) is 51.5. The quantitative estimate of drug-likeness (QED) is 0.623. The number of nitrogens with zero attached hydrogens (tertiary/aromatic N) is 2. The number of aryl methyl sites for hydroxylation is 1. The molecule has 1 aromatic rings. The number of rotatable bonds is 8. The van der Waals surface area contributed by atoms with Gasteiger partial charge in [0.15, 0.2) is 6.61 Å².